The third-order valence-corrected chi connectivity index (χ3v) is 2.53. The van der Waals surface area contributed by atoms with Crippen molar-refractivity contribution in [3.63, 3.8) is 0 Å². The second kappa shape index (κ2) is 7.47. The van der Waals surface area contributed by atoms with Gasteiger partial charge >= 0.3 is 0 Å². The molecule has 0 aliphatic carbocycles. The van der Waals surface area contributed by atoms with Crippen molar-refractivity contribution in [3.05, 3.63) is 12.4 Å². The molecule has 1 amide bonds. The fraction of sp³-hybridized carbons (Fsp3) is 0.583. The molecule has 0 spiro atoms. The Balaban J connectivity index is 2.30. The number of methoxy groups -OCH3 is 1. The maximum Gasteiger partial charge on any atom is 0.221 e. The normalized spacial score (nSPS) is 11.7. The van der Waals surface area contributed by atoms with E-state index in [1.54, 1.807) is 13.2 Å². The maximum atomic E-state index is 11.5. The highest BCUT2D eigenvalue weighted by Gasteiger charge is 2.05. The molecular weight excluding hydrogens is 232 g/mol. The Kier molecular flexibility index (Phi) is 5.90. The summed E-state index contributed by atoms with van der Waals surface area (Å²) in [4.78, 5) is 19.4. The van der Waals surface area contributed by atoms with Gasteiger partial charge in [-0.3, -0.25) is 4.79 Å². The van der Waals surface area contributed by atoms with Crippen LogP contribution in [0.3, 0.4) is 0 Å². The van der Waals surface area contributed by atoms with Gasteiger partial charge in [-0.2, -0.15) is 0 Å². The minimum absolute atomic E-state index is 0.0397. The zero-order valence-corrected chi connectivity index (χ0v) is 11.1. The largest absolute Gasteiger partial charge is 0.481 e. The van der Waals surface area contributed by atoms with Crippen molar-refractivity contribution in [1.29, 1.82) is 0 Å². The predicted molar refractivity (Wildman–Crippen MR) is 69.6 cm³/mol. The molecule has 1 atom stereocenters. The molecule has 1 heterocycles. The van der Waals surface area contributed by atoms with Crippen molar-refractivity contribution in [3.8, 4) is 5.88 Å². The van der Waals surface area contributed by atoms with Crippen LogP contribution in [0, 0.1) is 0 Å². The van der Waals surface area contributed by atoms with Crippen LogP contribution in [0.1, 0.15) is 26.7 Å². The van der Waals surface area contributed by atoms with Gasteiger partial charge in [0.15, 0.2) is 0 Å². The van der Waals surface area contributed by atoms with Gasteiger partial charge in [-0.05, 0) is 13.3 Å². The van der Waals surface area contributed by atoms with E-state index in [4.69, 9.17) is 4.74 Å². The number of hydrogen-bond acceptors (Lipinski definition) is 5. The number of carbonyl (C=O) groups is 1. The van der Waals surface area contributed by atoms with E-state index in [0.29, 0.717) is 24.7 Å². The molecular formula is C12H20N4O2. The van der Waals surface area contributed by atoms with E-state index < -0.39 is 0 Å². The molecule has 100 valence electrons. The fourth-order valence-corrected chi connectivity index (χ4v) is 1.30. The standard InChI is InChI=1S/C12H20N4O2/c1-4-9(2)16-11(17)5-6-13-10-7-12(18-3)15-8-14-10/h7-9H,4-6H2,1-3H3,(H,16,17)(H,13,14,15). The third-order valence-electron chi connectivity index (χ3n) is 2.53. The zero-order chi connectivity index (χ0) is 13.4. The smallest absolute Gasteiger partial charge is 0.221 e. The minimum atomic E-state index is 0.0397. The first-order valence-electron chi connectivity index (χ1n) is 6.05. The van der Waals surface area contributed by atoms with Gasteiger partial charge in [0.05, 0.1) is 7.11 Å². The lowest BCUT2D eigenvalue weighted by Crippen LogP contribution is -2.33. The quantitative estimate of drug-likeness (QED) is 0.762. The Morgan fingerprint density at radius 2 is 2.28 bits per heavy atom. The molecule has 18 heavy (non-hydrogen) atoms. The number of aromatic nitrogens is 2. The third kappa shape index (κ3) is 4.99. The Labute approximate surface area is 107 Å². The van der Waals surface area contributed by atoms with Gasteiger partial charge < -0.3 is 15.4 Å². The Morgan fingerprint density at radius 1 is 1.50 bits per heavy atom. The van der Waals surface area contributed by atoms with Crippen LogP contribution in [0.25, 0.3) is 0 Å². The number of anilines is 1. The second-order valence-electron chi connectivity index (χ2n) is 4.00. The van der Waals surface area contributed by atoms with Crippen LogP contribution >= 0.6 is 0 Å². The number of nitrogens with zero attached hydrogens (tertiary/aromatic N) is 2. The maximum absolute atomic E-state index is 11.5. The molecule has 0 aliphatic heterocycles. The average molecular weight is 252 g/mol. The first kappa shape index (κ1) is 14.2. The number of ether oxygens (including phenoxy) is 1. The minimum Gasteiger partial charge on any atom is -0.481 e. The summed E-state index contributed by atoms with van der Waals surface area (Å²) in [6, 6.07) is 1.91. The molecule has 0 bridgehead atoms. The Hall–Kier alpha value is -1.85. The van der Waals surface area contributed by atoms with Crippen LogP contribution in [-0.2, 0) is 4.79 Å². The lowest BCUT2D eigenvalue weighted by Gasteiger charge is -2.11. The summed E-state index contributed by atoms with van der Waals surface area (Å²) in [5, 5.41) is 5.95. The molecule has 0 saturated heterocycles. The molecule has 1 aromatic heterocycles. The fourth-order valence-electron chi connectivity index (χ4n) is 1.30. The number of nitrogens with one attached hydrogen (secondary N) is 2. The molecule has 0 fully saturated rings. The van der Waals surface area contributed by atoms with Crippen LogP contribution in [0.4, 0.5) is 5.82 Å². The number of carbonyl (C=O) groups excluding carboxylic acids is 1. The highest BCUT2D eigenvalue weighted by Crippen LogP contribution is 2.09. The molecule has 0 aromatic carbocycles. The molecule has 1 aromatic rings. The molecule has 2 N–H and O–H groups in total. The van der Waals surface area contributed by atoms with Crippen LogP contribution in [0.15, 0.2) is 12.4 Å². The molecule has 0 aliphatic rings. The van der Waals surface area contributed by atoms with Crippen molar-refractivity contribution >= 4 is 11.7 Å². The highest BCUT2D eigenvalue weighted by molar-refractivity contribution is 5.76. The summed E-state index contributed by atoms with van der Waals surface area (Å²) in [6.07, 6.45) is 2.76. The van der Waals surface area contributed by atoms with Gasteiger partial charge in [0.25, 0.3) is 0 Å². The van der Waals surface area contributed by atoms with Gasteiger partial charge in [-0.15, -0.1) is 0 Å². The monoisotopic (exact) mass is 252 g/mol. The SMILES string of the molecule is CCC(C)NC(=O)CCNc1cc(OC)ncn1. The van der Waals surface area contributed by atoms with Crippen LogP contribution in [0.5, 0.6) is 5.88 Å². The molecule has 1 unspecified atom stereocenters. The highest BCUT2D eigenvalue weighted by atomic mass is 16.5. The van der Waals surface area contributed by atoms with Crippen molar-refractivity contribution in [2.75, 3.05) is 19.0 Å². The Morgan fingerprint density at radius 3 is 2.94 bits per heavy atom. The number of amides is 1. The van der Waals surface area contributed by atoms with Crippen molar-refractivity contribution in [1.82, 2.24) is 15.3 Å². The number of hydrogen-bond donors (Lipinski definition) is 2. The van der Waals surface area contributed by atoms with Crippen molar-refractivity contribution < 1.29 is 9.53 Å². The molecule has 0 saturated carbocycles. The van der Waals surface area contributed by atoms with Crippen LogP contribution in [0.2, 0.25) is 0 Å². The van der Waals surface area contributed by atoms with Gasteiger partial charge in [0, 0.05) is 25.1 Å². The molecule has 6 heteroatoms. The second-order valence-corrected chi connectivity index (χ2v) is 4.00. The van der Waals surface area contributed by atoms with E-state index in [0.717, 1.165) is 6.42 Å². The van der Waals surface area contributed by atoms with E-state index in [2.05, 4.69) is 20.6 Å². The van der Waals surface area contributed by atoms with Gasteiger partial charge in [0.1, 0.15) is 12.1 Å². The summed E-state index contributed by atoms with van der Waals surface area (Å²) >= 11 is 0. The first-order valence-corrected chi connectivity index (χ1v) is 6.05. The van der Waals surface area contributed by atoms with Gasteiger partial charge in [-0.1, -0.05) is 6.92 Å². The van der Waals surface area contributed by atoms with E-state index in [9.17, 15) is 4.79 Å². The van der Waals surface area contributed by atoms with E-state index in [1.807, 2.05) is 13.8 Å². The van der Waals surface area contributed by atoms with E-state index in [-0.39, 0.29) is 11.9 Å². The van der Waals surface area contributed by atoms with Gasteiger partial charge in [-0.25, -0.2) is 9.97 Å². The Bertz CT molecular complexity index is 384. The molecule has 6 nitrogen and oxygen atoms in total. The van der Waals surface area contributed by atoms with Gasteiger partial charge in [0.2, 0.25) is 11.8 Å². The lowest BCUT2D eigenvalue weighted by atomic mass is 10.2. The lowest BCUT2D eigenvalue weighted by molar-refractivity contribution is -0.121. The average Bonchev–Trinajstić information content (AvgIpc) is 2.38. The van der Waals surface area contributed by atoms with E-state index in [1.165, 1.54) is 6.33 Å². The summed E-state index contributed by atoms with van der Waals surface area (Å²) in [5.41, 5.74) is 0. The van der Waals surface area contributed by atoms with Crippen molar-refractivity contribution in [2.24, 2.45) is 0 Å². The van der Waals surface area contributed by atoms with Crippen molar-refractivity contribution in [2.45, 2.75) is 32.7 Å². The summed E-state index contributed by atoms with van der Waals surface area (Å²) in [6.45, 7) is 4.55. The summed E-state index contributed by atoms with van der Waals surface area (Å²) < 4.78 is 4.98. The van der Waals surface area contributed by atoms with Crippen LogP contribution in [-0.4, -0.2) is 35.6 Å². The summed E-state index contributed by atoms with van der Waals surface area (Å²) in [5.74, 6) is 1.19. The topological polar surface area (TPSA) is 76.1 Å². The van der Waals surface area contributed by atoms with Crippen LogP contribution < -0.4 is 15.4 Å². The molecule has 1 rings (SSSR count). The first-order chi connectivity index (χ1) is 8.65. The molecule has 0 radical (unpaired) electrons. The summed E-state index contributed by atoms with van der Waals surface area (Å²) in [7, 11) is 1.55. The number of rotatable bonds is 7. The van der Waals surface area contributed by atoms with E-state index >= 15 is 0 Å². The predicted octanol–water partition coefficient (Wildman–Crippen LogP) is 1.20. The zero-order valence-electron chi connectivity index (χ0n) is 11.1.